The summed E-state index contributed by atoms with van der Waals surface area (Å²) in [6.45, 7) is 12.1. The number of nitrogens with zero attached hydrogens (tertiary/aromatic N) is 1. The van der Waals surface area contributed by atoms with Crippen molar-refractivity contribution in [2.75, 3.05) is 4.90 Å². The summed E-state index contributed by atoms with van der Waals surface area (Å²) >= 11 is 0. The Morgan fingerprint density at radius 2 is 0.944 bits per heavy atom. The first-order valence-electron chi connectivity index (χ1n) is 12.1. The van der Waals surface area contributed by atoms with Gasteiger partial charge < -0.3 is 14.2 Å². The van der Waals surface area contributed by atoms with Crippen LogP contribution in [0.1, 0.15) is 11.1 Å². The van der Waals surface area contributed by atoms with Crippen molar-refractivity contribution in [1.82, 2.24) is 0 Å². The Morgan fingerprint density at radius 1 is 0.556 bits per heavy atom. The molecule has 0 radical (unpaired) electrons. The molecule has 3 nitrogen and oxygen atoms in total. The van der Waals surface area contributed by atoms with Gasteiger partial charge in [-0.25, -0.2) is 0 Å². The Hall–Kier alpha value is -4.44. The highest BCUT2D eigenvalue weighted by Gasteiger charge is 2.38. The van der Waals surface area contributed by atoms with Gasteiger partial charge in [0, 0.05) is 27.6 Å². The Bertz CT molecular complexity index is 1520. The number of hydrogen-bond donors (Lipinski definition) is 0. The third-order valence-corrected chi connectivity index (χ3v) is 6.80. The van der Waals surface area contributed by atoms with Gasteiger partial charge in [0.05, 0.1) is 5.69 Å². The Labute approximate surface area is 212 Å². The van der Waals surface area contributed by atoms with Crippen LogP contribution in [0, 0.1) is 13.8 Å². The minimum Gasteiger partial charge on any atom is -0.520 e. The quantitative estimate of drug-likeness (QED) is 0.198. The van der Waals surface area contributed by atoms with Crippen molar-refractivity contribution in [3.05, 3.63) is 133 Å². The fourth-order valence-corrected chi connectivity index (χ4v) is 4.96. The van der Waals surface area contributed by atoms with Crippen LogP contribution in [-0.4, -0.2) is 7.12 Å². The number of anilines is 3. The topological polar surface area (TPSA) is 21.7 Å². The summed E-state index contributed by atoms with van der Waals surface area (Å²) in [5.41, 5.74) is 6.75. The van der Waals surface area contributed by atoms with Crippen molar-refractivity contribution in [3.8, 4) is 0 Å². The summed E-state index contributed by atoms with van der Waals surface area (Å²) in [7, 11) is -0.596. The van der Waals surface area contributed by atoms with Crippen LogP contribution in [0.5, 0.6) is 0 Å². The average Bonchev–Trinajstić information content (AvgIpc) is 3.23. The lowest BCUT2D eigenvalue weighted by molar-refractivity contribution is 0.432. The molecule has 0 unspecified atom stereocenters. The predicted octanol–water partition coefficient (Wildman–Crippen LogP) is 7.85. The standard InChI is InChI=1S/C32H26BNO2/c1-21-13-17-25(18-14-21)34(26-19-15-22(2)16-20-26)32-29-11-7-5-9-27(29)31(28-10-6-8-12-30(28)32)33-35-23(3)24(4)36-33/h5-20H,3-4H2,1-2H3. The van der Waals surface area contributed by atoms with Crippen molar-refractivity contribution in [2.24, 2.45) is 0 Å². The van der Waals surface area contributed by atoms with Crippen LogP contribution in [0.4, 0.5) is 17.1 Å². The molecule has 36 heavy (non-hydrogen) atoms. The van der Waals surface area contributed by atoms with E-state index < -0.39 is 7.12 Å². The molecule has 0 N–H and O–H groups in total. The maximum Gasteiger partial charge on any atom is 0.634 e. The summed E-state index contributed by atoms with van der Waals surface area (Å²) in [5, 5.41) is 4.37. The first-order chi connectivity index (χ1) is 17.5. The lowest BCUT2D eigenvalue weighted by Gasteiger charge is -2.29. The van der Waals surface area contributed by atoms with Gasteiger partial charge in [0.15, 0.2) is 0 Å². The smallest absolute Gasteiger partial charge is 0.520 e. The van der Waals surface area contributed by atoms with Crippen molar-refractivity contribution in [2.45, 2.75) is 13.8 Å². The molecule has 6 rings (SSSR count). The molecule has 1 fully saturated rings. The van der Waals surface area contributed by atoms with E-state index in [2.05, 4.69) is 129 Å². The van der Waals surface area contributed by atoms with Gasteiger partial charge in [-0.1, -0.05) is 97.1 Å². The maximum absolute atomic E-state index is 6.04. The molecular weight excluding hydrogens is 441 g/mol. The molecule has 5 aromatic carbocycles. The van der Waals surface area contributed by atoms with E-state index in [1.807, 2.05) is 0 Å². The number of hydrogen-bond acceptors (Lipinski definition) is 3. The van der Waals surface area contributed by atoms with E-state index >= 15 is 0 Å². The van der Waals surface area contributed by atoms with Crippen LogP contribution in [-0.2, 0) is 9.31 Å². The molecule has 0 bridgehead atoms. The zero-order valence-corrected chi connectivity index (χ0v) is 20.5. The number of benzene rings is 5. The minimum absolute atomic E-state index is 0.471. The van der Waals surface area contributed by atoms with Gasteiger partial charge in [-0.2, -0.15) is 0 Å². The molecular formula is C32H26BNO2. The SMILES string of the molecule is C=C1OB(c2c3ccccc3c(N(c3ccc(C)cc3)c3ccc(C)cc3)c3ccccc23)OC1=C. The Kier molecular flexibility index (Phi) is 5.30. The minimum atomic E-state index is -0.596. The molecule has 1 heterocycles. The molecule has 0 amide bonds. The highest BCUT2D eigenvalue weighted by molar-refractivity contribution is 6.69. The monoisotopic (exact) mass is 467 g/mol. The molecule has 0 spiro atoms. The molecule has 0 atom stereocenters. The normalized spacial score (nSPS) is 13.2. The molecule has 0 saturated carbocycles. The molecule has 5 aromatic rings. The highest BCUT2D eigenvalue weighted by atomic mass is 16.6. The first-order valence-corrected chi connectivity index (χ1v) is 12.1. The zero-order valence-electron chi connectivity index (χ0n) is 20.5. The number of rotatable bonds is 4. The van der Waals surface area contributed by atoms with Gasteiger partial charge in [-0.15, -0.1) is 0 Å². The van der Waals surface area contributed by atoms with Crippen LogP contribution in [0.3, 0.4) is 0 Å². The molecule has 4 heteroatoms. The second-order valence-corrected chi connectivity index (χ2v) is 9.27. The molecule has 0 aromatic heterocycles. The van der Waals surface area contributed by atoms with Gasteiger partial charge in [-0.05, 0) is 48.9 Å². The van der Waals surface area contributed by atoms with E-state index in [0.29, 0.717) is 11.5 Å². The van der Waals surface area contributed by atoms with E-state index in [9.17, 15) is 0 Å². The second kappa shape index (κ2) is 8.65. The third kappa shape index (κ3) is 3.63. The van der Waals surface area contributed by atoms with Crippen LogP contribution in [0.15, 0.2) is 122 Å². The molecule has 0 aliphatic carbocycles. The van der Waals surface area contributed by atoms with E-state index in [1.54, 1.807) is 0 Å². The van der Waals surface area contributed by atoms with Crippen molar-refractivity contribution < 1.29 is 9.31 Å². The van der Waals surface area contributed by atoms with Gasteiger partial charge in [-0.3, -0.25) is 0 Å². The van der Waals surface area contributed by atoms with Crippen LogP contribution in [0.25, 0.3) is 21.5 Å². The zero-order chi connectivity index (χ0) is 24.8. The van der Waals surface area contributed by atoms with Gasteiger partial charge >= 0.3 is 7.12 Å². The van der Waals surface area contributed by atoms with Crippen molar-refractivity contribution in [3.63, 3.8) is 0 Å². The third-order valence-electron chi connectivity index (χ3n) is 6.80. The average molecular weight is 467 g/mol. The number of fused-ring (bicyclic) bond motifs is 2. The predicted molar refractivity (Wildman–Crippen MR) is 151 cm³/mol. The fraction of sp³-hybridized carbons (Fsp3) is 0.0625. The summed E-state index contributed by atoms with van der Waals surface area (Å²) in [4.78, 5) is 2.35. The lowest BCUT2D eigenvalue weighted by Crippen LogP contribution is -2.33. The molecule has 1 aliphatic rings. The van der Waals surface area contributed by atoms with Crippen LogP contribution in [0.2, 0.25) is 0 Å². The lowest BCUT2D eigenvalue weighted by atomic mass is 9.72. The summed E-state index contributed by atoms with van der Waals surface area (Å²) in [6.07, 6.45) is 0. The van der Waals surface area contributed by atoms with E-state index in [1.165, 1.54) is 11.1 Å². The Balaban J connectivity index is 1.71. The van der Waals surface area contributed by atoms with Crippen molar-refractivity contribution >= 4 is 51.2 Å². The number of aryl methyl sites for hydroxylation is 2. The summed E-state index contributed by atoms with van der Waals surface area (Å²) < 4.78 is 12.1. The largest absolute Gasteiger partial charge is 0.634 e. The molecule has 174 valence electrons. The van der Waals surface area contributed by atoms with Crippen molar-refractivity contribution in [1.29, 1.82) is 0 Å². The van der Waals surface area contributed by atoms with E-state index in [4.69, 9.17) is 9.31 Å². The Morgan fingerprint density at radius 3 is 1.36 bits per heavy atom. The first kappa shape index (κ1) is 22.1. The summed E-state index contributed by atoms with van der Waals surface area (Å²) in [6, 6.07) is 34.3. The van der Waals surface area contributed by atoms with Gasteiger partial charge in [0.1, 0.15) is 11.5 Å². The van der Waals surface area contributed by atoms with E-state index in [0.717, 1.165) is 44.1 Å². The molecule has 1 saturated heterocycles. The van der Waals surface area contributed by atoms with Crippen LogP contribution >= 0.6 is 0 Å². The van der Waals surface area contributed by atoms with Gasteiger partial charge in [0.25, 0.3) is 0 Å². The highest BCUT2D eigenvalue weighted by Crippen LogP contribution is 2.43. The van der Waals surface area contributed by atoms with E-state index in [-0.39, 0.29) is 0 Å². The van der Waals surface area contributed by atoms with Gasteiger partial charge in [0.2, 0.25) is 0 Å². The maximum atomic E-state index is 6.04. The summed E-state index contributed by atoms with van der Waals surface area (Å²) in [5.74, 6) is 0.941. The van der Waals surface area contributed by atoms with Crippen LogP contribution < -0.4 is 10.4 Å². The fourth-order valence-electron chi connectivity index (χ4n) is 4.96. The molecule has 1 aliphatic heterocycles. The second-order valence-electron chi connectivity index (χ2n) is 9.27.